The number of rotatable bonds is 6. The van der Waals surface area contributed by atoms with E-state index in [-0.39, 0.29) is 17.9 Å². The maximum absolute atomic E-state index is 11.9. The molecule has 2 heterocycles. The number of nitrogens with zero attached hydrogens (tertiary/aromatic N) is 2. The standard InChI is InChI=1S/C16H18N4O2/c1-12(20-16(22)14-3-2-7-18-11-14)4-10-19-15(21)13-5-8-17-9-6-13/h2-3,5-9,11-12H,4,10H2,1H3,(H,19,21)(H,20,22). The molecule has 1 atom stereocenters. The highest BCUT2D eigenvalue weighted by atomic mass is 16.2. The third-order valence-electron chi connectivity index (χ3n) is 3.11. The minimum atomic E-state index is -0.166. The quantitative estimate of drug-likeness (QED) is 0.844. The van der Waals surface area contributed by atoms with E-state index in [1.165, 1.54) is 6.20 Å². The predicted molar refractivity (Wildman–Crippen MR) is 82.4 cm³/mol. The Hall–Kier alpha value is -2.76. The van der Waals surface area contributed by atoms with Gasteiger partial charge < -0.3 is 10.6 Å². The Labute approximate surface area is 129 Å². The van der Waals surface area contributed by atoms with Crippen molar-refractivity contribution < 1.29 is 9.59 Å². The summed E-state index contributed by atoms with van der Waals surface area (Å²) in [5.41, 5.74) is 1.09. The Morgan fingerprint density at radius 1 is 1.05 bits per heavy atom. The molecule has 1 unspecified atom stereocenters. The van der Waals surface area contributed by atoms with Crippen LogP contribution in [0.15, 0.2) is 49.1 Å². The number of aromatic nitrogens is 2. The highest BCUT2D eigenvalue weighted by Gasteiger charge is 2.10. The fraction of sp³-hybridized carbons (Fsp3) is 0.250. The van der Waals surface area contributed by atoms with E-state index in [1.807, 2.05) is 6.92 Å². The zero-order chi connectivity index (χ0) is 15.8. The molecule has 0 aromatic carbocycles. The number of pyridine rings is 2. The summed E-state index contributed by atoms with van der Waals surface area (Å²) in [5.74, 6) is -0.311. The minimum absolute atomic E-state index is 0.0505. The summed E-state index contributed by atoms with van der Waals surface area (Å²) < 4.78 is 0. The van der Waals surface area contributed by atoms with Gasteiger partial charge in [0.1, 0.15) is 0 Å². The first-order valence-electron chi connectivity index (χ1n) is 7.06. The lowest BCUT2D eigenvalue weighted by atomic mass is 10.2. The lowest BCUT2D eigenvalue weighted by Gasteiger charge is -2.14. The summed E-state index contributed by atoms with van der Waals surface area (Å²) in [5, 5.41) is 5.68. The SMILES string of the molecule is CC(CCNC(=O)c1ccncc1)NC(=O)c1cccnc1. The number of nitrogens with one attached hydrogen (secondary N) is 2. The number of carbonyl (C=O) groups is 2. The molecule has 0 saturated carbocycles. The third-order valence-corrected chi connectivity index (χ3v) is 3.11. The first kappa shape index (κ1) is 15.6. The maximum Gasteiger partial charge on any atom is 0.253 e. The van der Waals surface area contributed by atoms with E-state index < -0.39 is 0 Å². The summed E-state index contributed by atoms with van der Waals surface area (Å²) >= 11 is 0. The van der Waals surface area contributed by atoms with Gasteiger partial charge in [0.05, 0.1) is 5.56 Å². The average Bonchev–Trinajstić information content (AvgIpc) is 2.56. The Kier molecular flexibility index (Phi) is 5.59. The monoisotopic (exact) mass is 298 g/mol. The van der Waals surface area contributed by atoms with E-state index in [1.54, 1.807) is 42.9 Å². The van der Waals surface area contributed by atoms with E-state index in [0.29, 0.717) is 24.1 Å². The van der Waals surface area contributed by atoms with Gasteiger partial charge in [-0.2, -0.15) is 0 Å². The van der Waals surface area contributed by atoms with Crippen LogP contribution in [0.2, 0.25) is 0 Å². The van der Waals surface area contributed by atoms with Crippen LogP contribution in [-0.4, -0.2) is 34.4 Å². The second kappa shape index (κ2) is 7.87. The molecule has 22 heavy (non-hydrogen) atoms. The Balaban J connectivity index is 1.73. The molecule has 114 valence electrons. The lowest BCUT2D eigenvalue weighted by molar-refractivity contribution is 0.0937. The molecule has 0 aliphatic carbocycles. The normalized spacial score (nSPS) is 11.5. The van der Waals surface area contributed by atoms with Gasteiger partial charge in [0.25, 0.3) is 11.8 Å². The molecule has 6 nitrogen and oxygen atoms in total. The van der Waals surface area contributed by atoms with Gasteiger partial charge in [-0.1, -0.05) is 0 Å². The third kappa shape index (κ3) is 4.66. The molecule has 0 saturated heterocycles. The second-order valence-corrected chi connectivity index (χ2v) is 4.90. The molecule has 0 bridgehead atoms. The second-order valence-electron chi connectivity index (χ2n) is 4.90. The van der Waals surface area contributed by atoms with Crippen molar-refractivity contribution in [3.05, 3.63) is 60.2 Å². The number of hydrogen-bond donors (Lipinski definition) is 2. The molecule has 2 rings (SSSR count). The van der Waals surface area contributed by atoms with E-state index in [0.717, 1.165) is 0 Å². The van der Waals surface area contributed by atoms with Crippen molar-refractivity contribution in [3.8, 4) is 0 Å². The van der Waals surface area contributed by atoms with Gasteiger partial charge >= 0.3 is 0 Å². The highest BCUT2D eigenvalue weighted by molar-refractivity contribution is 5.94. The van der Waals surface area contributed by atoms with Crippen molar-refractivity contribution in [2.45, 2.75) is 19.4 Å². The van der Waals surface area contributed by atoms with Gasteiger partial charge in [0.15, 0.2) is 0 Å². The van der Waals surface area contributed by atoms with Gasteiger partial charge in [-0.05, 0) is 37.6 Å². The van der Waals surface area contributed by atoms with Crippen LogP contribution in [0.1, 0.15) is 34.1 Å². The van der Waals surface area contributed by atoms with Crippen molar-refractivity contribution in [1.82, 2.24) is 20.6 Å². The molecule has 6 heteroatoms. The molecule has 2 aromatic heterocycles. The lowest BCUT2D eigenvalue weighted by Crippen LogP contribution is -2.36. The largest absolute Gasteiger partial charge is 0.352 e. The van der Waals surface area contributed by atoms with Gasteiger partial charge in [0, 0.05) is 42.9 Å². The van der Waals surface area contributed by atoms with E-state index in [2.05, 4.69) is 20.6 Å². The van der Waals surface area contributed by atoms with Crippen molar-refractivity contribution in [3.63, 3.8) is 0 Å². The van der Waals surface area contributed by atoms with Crippen LogP contribution in [0.4, 0.5) is 0 Å². The van der Waals surface area contributed by atoms with Crippen molar-refractivity contribution in [1.29, 1.82) is 0 Å². The molecule has 0 aliphatic heterocycles. The fourth-order valence-electron chi connectivity index (χ4n) is 1.88. The van der Waals surface area contributed by atoms with E-state index >= 15 is 0 Å². The molecule has 2 amide bonds. The fourth-order valence-corrected chi connectivity index (χ4v) is 1.88. The van der Waals surface area contributed by atoms with E-state index in [9.17, 15) is 9.59 Å². The van der Waals surface area contributed by atoms with Crippen LogP contribution in [0.3, 0.4) is 0 Å². The molecule has 0 spiro atoms. The van der Waals surface area contributed by atoms with Gasteiger partial charge in [0.2, 0.25) is 0 Å². The van der Waals surface area contributed by atoms with Crippen molar-refractivity contribution in [2.24, 2.45) is 0 Å². The average molecular weight is 298 g/mol. The first-order chi connectivity index (χ1) is 10.7. The topological polar surface area (TPSA) is 84.0 Å². The van der Waals surface area contributed by atoms with Crippen LogP contribution in [0.5, 0.6) is 0 Å². The first-order valence-corrected chi connectivity index (χ1v) is 7.06. The van der Waals surface area contributed by atoms with Crippen molar-refractivity contribution >= 4 is 11.8 Å². The molecule has 2 aromatic rings. The van der Waals surface area contributed by atoms with Gasteiger partial charge in [-0.25, -0.2) is 0 Å². The van der Waals surface area contributed by atoms with E-state index in [4.69, 9.17) is 0 Å². The molecular weight excluding hydrogens is 280 g/mol. The summed E-state index contributed by atoms with van der Waals surface area (Å²) in [6.45, 7) is 2.38. The van der Waals surface area contributed by atoms with Gasteiger partial charge in [-0.3, -0.25) is 19.6 Å². The van der Waals surface area contributed by atoms with Crippen molar-refractivity contribution in [2.75, 3.05) is 6.54 Å². The molecule has 0 aliphatic rings. The number of carbonyl (C=O) groups excluding carboxylic acids is 2. The maximum atomic E-state index is 11.9. The molecule has 0 fully saturated rings. The summed E-state index contributed by atoms with van der Waals surface area (Å²) in [6, 6.07) is 6.69. The van der Waals surface area contributed by atoms with Crippen LogP contribution >= 0.6 is 0 Å². The molecule has 0 radical (unpaired) electrons. The summed E-state index contributed by atoms with van der Waals surface area (Å²) in [7, 11) is 0. The zero-order valence-electron chi connectivity index (χ0n) is 12.3. The Morgan fingerprint density at radius 3 is 2.50 bits per heavy atom. The number of hydrogen-bond acceptors (Lipinski definition) is 4. The summed E-state index contributed by atoms with van der Waals surface area (Å²) in [6.07, 6.45) is 6.93. The minimum Gasteiger partial charge on any atom is -0.352 e. The van der Waals surface area contributed by atoms with Crippen LogP contribution in [-0.2, 0) is 0 Å². The molecular formula is C16H18N4O2. The Bertz CT molecular complexity index is 617. The van der Waals surface area contributed by atoms with Crippen LogP contribution in [0, 0.1) is 0 Å². The summed E-state index contributed by atoms with van der Waals surface area (Å²) in [4.78, 5) is 31.5. The van der Waals surface area contributed by atoms with Crippen LogP contribution in [0.25, 0.3) is 0 Å². The predicted octanol–water partition coefficient (Wildman–Crippen LogP) is 1.42. The zero-order valence-corrected chi connectivity index (χ0v) is 12.3. The smallest absolute Gasteiger partial charge is 0.253 e. The highest BCUT2D eigenvalue weighted by Crippen LogP contribution is 1.99. The Morgan fingerprint density at radius 2 is 1.82 bits per heavy atom. The molecule has 2 N–H and O–H groups in total. The van der Waals surface area contributed by atoms with Crippen LogP contribution < -0.4 is 10.6 Å². The van der Waals surface area contributed by atoms with Gasteiger partial charge in [-0.15, -0.1) is 0 Å². The number of amides is 2.